The predicted molar refractivity (Wildman–Crippen MR) is 148 cm³/mol. The van der Waals surface area contributed by atoms with Crippen LogP contribution in [-0.4, -0.2) is 53.8 Å². The molecular weight excluding hydrogens is 621 g/mol. The molecule has 17 heteroatoms. The number of rotatable bonds is 8. The Bertz CT molecular complexity index is 1790. The Hall–Kier alpha value is -3.92. The number of nitrogens with two attached hydrogens (primary N) is 1. The normalized spacial score (nSPS) is 17.4. The average Bonchev–Trinajstić information content (AvgIpc) is 3.57. The minimum Gasteiger partial charge on any atom is -0.481 e. The van der Waals surface area contributed by atoms with Crippen LogP contribution in [-0.2, 0) is 28.0 Å². The fourth-order valence-electron chi connectivity index (χ4n) is 4.73. The van der Waals surface area contributed by atoms with Gasteiger partial charge in [-0.1, -0.05) is 11.6 Å². The molecule has 0 aliphatic carbocycles. The van der Waals surface area contributed by atoms with Crippen LogP contribution in [0.3, 0.4) is 0 Å². The largest absolute Gasteiger partial charge is 0.481 e. The van der Waals surface area contributed by atoms with Crippen LogP contribution in [0, 0.1) is 5.41 Å². The summed E-state index contributed by atoms with van der Waals surface area (Å²) >= 11 is 7.21. The number of halogens is 6. The van der Waals surface area contributed by atoms with Gasteiger partial charge in [-0.2, -0.15) is 27.1 Å². The number of alkyl halides is 5. The van der Waals surface area contributed by atoms with E-state index in [1.165, 1.54) is 18.2 Å². The van der Waals surface area contributed by atoms with Gasteiger partial charge < -0.3 is 16.2 Å². The molecule has 0 radical (unpaired) electrons. The summed E-state index contributed by atoms with van der Waals surface area (Å²) in [6.07, 6.45) is -7.19. The van der Waals surface area contributed by atoms with Gasteiger partial charge in [0.15, 0.2) is 5.82 Å². The van der Waals surface area contributed by atoms with Crippen LogP contribution in [0.2, 0.25) is 5.02 Å². The minimum absolute atomic E-state index is 0.0202. The van der Waals surface area contributed by atoms with Gasteiger partial charge in [-0.25, -0.2) is 15.0 Å². The number of nitrogens with one attached hydrogen (secondary N) is 1. The van der Waals surface area contributed by atoms with Gasteiger partial charge >= 0.3 is 18.1 Å². The summed E-state index contributed by atoms with van der Waals surface area (Å²) in [5.74, 6) is -6.67. The highest BCUT2D eigenvalue weighted by atomic mass is 35.5. The number of fused-ring (bicyclic) bond motifs is 2. The number of aromatic nitrogens is 5. The first kappa shape index (κ1) is 30.5. The molecule has 5 rings (SSSR count). The van der Waals surface area contributed by atoms with Crippen molar-refractivity contribution in [3.05, 3.63) is 44.9 Å². The van der Waals surface area contributed by atoms with Crippen LogP contribution in [0.1, 0.15) is 43.5 Å². The lowest BCUT2D eigenvalue weighted by molar-refractivity contribution is -0.285. The number of nitrogens with zero attached hydrogens (tertiary/aromatic N) is 5. The smallest absolute Gasteiger partial charge is 0.453 e. The number of aryl methyl sites for hydroxylation is 1. The van der Waals surface area contributed by atoms with E-state index in [1.807, 2.05) is 0 Å². The highest BCUT2D eigenvalue weighted by molar-refractivity contribution is 7.10. The van der Waals surface area contributed by atoms with Gasteiger partial charge in [-0.15, -0.1) is 11.3 Å². The zero-order valence-corrected chi connectivity index (χ0v) is 24.3. The van der Waals surface area contributed by atoms with Crippen molar-refractivity contribution < 1.29 is 36.6 Å². The lowest BCUT2D eigenvalue weighted by Gasteiger charge is -2.20. The van der Waals surface area contributed by atoms with Crippen molar-refractivity contribution >= 4 is 57.4 Å². The molecule has 0 spiro atoms. The topological polar surface area (TPSA) is 149 Å². The number of aliphatic carboxylic acids is 1. The number of carbonyl (C=O) groups is 2. The molecule has 4 N–H and O–H groups in total. The molecule has 1 aliphatic heterocycles. The third-order valence-electron chi connectivity index (χ3n) is 7.28. The van der Waals surface area contributed by atoms with Crippen molar-refractivity contribution in [2.24, 2.45) is 5.41 Å². The Labute approximate surface area is 249 Å². The van der Waals surface area contributed by atoms with Crippen molar-refractivity contribution in [3.8, 4) is 11.5 Å². The molecule has 4 aromatic rings. The first-order valence-electron chi connectivity index (χ1n) is 12.6. The molecule has 1 amide bonds. The molecule has 0 saturated carbocycles. The minimum atomic E-state index is -5.73. The quantitative estimate of drug-likeness (QED) is 0.208. The molecule has 1 atom stereocenters. The maximum Gasteiger partial charge on any atom is 0.453 e. The van der Waals surface area contributed by atoms with E-state index in [4.69, 9.17) is 17.3 Å². The highest BCUT2D eigenvalue weighted by Crippen LogP contribution is 2.46. The third-order valence-corrected chi connectivity index (χ3v) is 8.63. The number of anilines is 2. The zero-order chi connectivity index (χ0) is 31.7. The van der Waals surface area contributed by atoms with Gasteiger partial charge in [0.1, 0.15) is 27.8 Å². The van der Waals surface area contributed by atoms with E-state index in [2.05, 4.69) is 25.4 Å². The average molecular weight is 644 g/mol. The molecule has 0 bridgehead atoms. The molecule has 228 valence electrons. The Morgan fingerprint density at radius 1 is 1.19 bits per heavy atom. The Morgan fingerprint density at radius 2 is 1.88 bits per heavy atom. The molecule has 4 heterocycles. The van der Waals surface area contributed by atoms with Gasteiger partial charge in [0.25, 0.3) is 0 Å². The molecule has 3 aromatic heterocycles. The number of carboxylic acids is 1. The van der Waals surface area contributed by atoms with Crippen molar-refractivity contribution in [3.63, 3.8) is 0 Å². The summed E-state index contributed by atoms with van der Waals surface area (Å²) in [5.41, 5.74) is 4.70. The second kappa shape index (κ2) is 10.1. The van der Waals surface area contributed by atoms with E-state index >= 15 is 0 Å². The highest BCUT2D eigenvalue weighted by Gasteiger charge is 2.57. The van der Waals surface area contributed by atoms with E-state index in [1.54, 1.807) is 26.2 Å². The Morgan fingerprint density at radius 3 is 2.53 bits per heavy atom. The van der Waals surface area contributed by atoms with Gasteiger partial charge in [0.05, 0.1) is 22.2 Å². The van der Waals surface area contributed by atoms with E-state index in [9.17, 15) is 36.6 Å². The summed E-state index contributed by atoms with van der Waals surface area (Å²) in [6, 6.07) is 4.33. The van der Waals surface area contributed by atoms with Crippen LogP contribution in [0.4, 0.5) is 33.6 Å². The molecular formula is C26H23ClF5N7O3S. The van der Waals surface area contributed by atoms with Crippen LogP contribution < -0.4 is 11.1 Å². The number of hydrogen-bond donors (Lipinski definition) is 3. The number of nitrogen functional groups attached to an aromatic ring is 1. The standard InChI is InChI=1S/C26H23ClF5N7O3S/c1-23(2,22(41)42)9-12-10-43-21(34-12)24(3)15-17(33)35-19(36-18(15)37-20(24)40)16-13-5-4-11(27)8-14(13)39(38-16)7-6-25(28,29)26(30,31)32/h4-5,8,10H,6-7,9H2,1-3H3,(H,41,42)(H3,33,35,36,37,40)/t24-/m0/s1. The monoisotopic (exact) mass is 643 g/mol. The van der Waals surface area contributed by atoms with Gasteiger partial charge in [0.2, 0.25) is 5.91 Å². The van der Waals surface area contributed by atoms with Crippen LogP contribution >= 0.6 is 22.9 Å². The van der Waals surface area contributed by atoms with E-state index in [0.29, 0.717) is 16.1 Å². The molecule has 1 aliphatic rings. The first-order chi connectivity index (χ1) is 19.8. The predicted octanol–water partition coefficient (Wildman–Crippen LogP) is 5.68. The number of carboxylic acid groups (broad SMARTS) is 1. The second-order valence-electron chi connectivity index (χ2n) is 10.9. The number of benzene rings is 1. The first-order valence-corrected chi connectivity index (χ1v) is 13.9. The van der Waals surface area contributed by atoms with E-state index < -0.39 is 47.8 Å². The summed E-state index contributed by atoms with van der Waals surface area (Å²) in [6.45, 7) is 3.89. The second-order valence-corrected chi connectivity index (χ2v) is 12.2. The fraction of sp³-hybridized carbons (Fsp3) is 0.385. The molecule has 43 heavy (non-hydrogen) atoms. The maximum absolute atomic E-state index is 13.7. The Kier molecular flexibility index (Phi) is 7.16. The maximum atomic E-state index is 13.7. The molecule has 1 aromatic carbocycles. The summed E-state index contributed by atoms with van der Waals surface area (Å²) in [5, 5.41) is 18.8. The van der Waals surface area contributed by atoms with Crippen LogP contribution in [0.5, 0.6) is 0 Å². The SMILES string of the molecule is CC(C)(Cc1csc([C@]2(C)C(=O)Nc3nc(-c4nn(CCC(F)(F)C(F)(F)F)c5cc(Cl)ccc45)nc(N)c32)n1)C(=O)O. The molecule has 0 saturated heterocycles. The van der Waals surface area contributed by atoms with Crippen molar-refractivity contribution in [2.75, 3.05) is 11.1 Å². The molecule has 10 nitrogen and oxygen atoms in total. The van der Waals surface area contributed by atoms with Crippen molar-refractivity contribution in [1.29, 1.82) is 0 Å². The molecule has 0 fully saturated rings. The number of thiazole rings is 1. The Balaban J connectivity index is 1.55. The molecule has 0 unspecified atom stereocenters. The number of amides is 1. The van der Waals surface area contributed by atoms with Crippen LogP contribution in [0.25, 0.3) is 22.4 Å². The summed E-state index contributed by atoms with van der Waals surface area (Å²) < 4.78 is 66.7. The van der Waals surface area contributed by atoms with Gasteiger partial charge in [0, 0.05) is 35.2 Å². The number of hydrogen-bond acceptors (Lipinski definition) is 8. The van der Waals surface area contributed by atoms with E-state index in [0.717, 1.165) is 16.0 Å². The number of carbonyl (C=O) groups excluding carboxylic acids is 1. The van der Waals surface area contributed by atoms with Crippen molar-refractivity contribution in [1.82, 2.24) is 24.7 Å². The van der Waals surface area contributed by atoms with Crippen molar-refractivity contribution in [2.45, 2.75) is 57.7 Å². The lowest BCUT2D eigenvalue weighted by atomic mass is 9.85. The zero-order valence-electron chi connectivity index (χ0n) is 22.7. The van der Waals surface area contributed by atoms with Crippen LogP contribution in [0.15, 0.2) is 23.6 Å². The van der Waals surface area contributed by atoms with E-state index in [-0.39, 0.29) is 45.7 Å². The van der Waals surface area contributed by atoms with Gasteiger partial charge in [-0.3, -0.25) is 14.3 Å². The summed E-state index contributed by atoms with van der Waals surface area (Å²) in [7, 11) is 0. The third kappa shape index (κ3) is 5.15. The van der Waals surface area contributed by atoms with Gasteiger partial charge in [-0.05, 0) is 39.0 Å². The lowest BCUT2D eigenvalue weighted by Crippen LogP contribution is -2.37. The fourth-order valence-corrected chi connectivity index (χ4v) is 5.88. The summed E-state index contributed by atoms with van der Waals surface area (Å²) in [4.78, 5) is 38.2.